The van der Waals surface area contributed by atoms with Gasteiger partial charge in [-0.3, -0.25) is 24.3 Å². The molecule has 1 N–H and O–H groups in total. The molecule has 0 bridgehead atoms. The van der Waals surface area contributed by atoms with Gasteiger partial charge in [0.1, 0.15) is 0 Å². The lowest BCUT2D eigenvalue weighted by atomic mass is 9.85. The van der Waals surface area contributed by atoms with Crippen molar-refractivity contribution in [1.82, 2.24) is 15.2 Å². The van der Waals surface area contributed by atoms with Crippen molar-refractivity contribution in [3.05, 3.63) is 17.1 Å². The molecule has 0 aromatic rings. The molecule has 2 rings (SSSR count). The predicted molar refractivity (Wildman–Crippen MR) is 110 cm³/mol. The van der Waals surface area contributed by atoms with Gasteiger partial charge in [0.25, 0.3) is 11.8 Å². The Morgan fingerprint density at radius 2 is 1.79 bits per heavy atom. The maximum absolute atomic E-state index is 11.7. The third-order valence-corrected chi connectivity index (χ3v) is 5.83. The van der Waals surface area contributed by atoms with Crippen LogP contribution in [0, 0.1) is 10.8 Å². The van der Waals surface area contributed by atoms with E-state index in [0.29, 0.717) is 25.4 Å². The molecule has 1 saturated carbocycles. The highest BCUT2D eigenvalue weighted by atomic mass is 16.3. The van der Waals surface area contributed by atoms with Gasteiger partial charge in [-0.05, 0) is 50.9 Å². The van der Waals surface area contributed by atoms with Crippen LogP contribution in [0.4, 0.5) is 0 Å². The first-order chi connectivity index (χ1) is 14.0. The second-order valence-electron chi connectivity index (χ2n) is 8.05. The maximum atomic E-state index is 11.7. The highest BCUT2D eigenvalue weighted by Crippen LogP contribution is 2.29. The van der Waals surface area contributed by atoms with Crippen molar-refractivity contribution in [2.45, 2.75) is 77.2 Å². The van der Waals surface area contributed by atoms with Crippen LogP contribution < -0.4 is 5.32 Å². The zero-order valence-corrected chi connectivity index (χ0v) is 17.5. The molecule has 162 valence electrons. The second kappa shape index (κ2) is 12.3. The Labute approximate surface area is 173 Å². The molecule has 0 unspecified atom stereocenters. The average Bonchev–Trinajstić information content (AvgIpc) is 3.04. The van der Waals surface area contributed by atoms with Gasteiger partial charge in [0.15, 0.2) is 0 Å². The summed E-state index contributed by atoms with van der Waals surface area (Å²) in [5.41, 5.74) is 0. The molecule has 8 heteroatoms. The molecule has 1 aliphatic carbocycles. The third kappa shape index (κ3) is 7.59. The van der Waals surface area contributed by atoms with Crippen LogP contribution in [0.5, 0.6) is 0 Å². The van der Waals surface area contributed by atoms with E-state index >= 15 is 0 Å². The highest BCUT2D eigenvalue weighted by molar-refractivity contribution is 6.12. The van der Waals surface area contributed by atoms with Gasteiger partial charge in [0, 0.05) is 38.2 Å². The van der Waals surface area contributed by atoms with Crippen LogP contribution in [-0.4, -0.2) is 53.3 Å². The summed E-state index contributed by atoms with van der Waals surface area (Å²) in [5.74, 6) is -0.0641. The minimum atomic E-state index is -0.229. The Morgan fingerprint density at radius 3 is 2.41 bits per heavy atom. The van der Waals surface area contributed by atoms with Crippen molar-refractivity contribution in [2.24, 2.45) is 11.2 Å². The Bertz CT molecular complexity index is 581. The number of unbranched alkanes of at least 4 members (excludes halogenated alkanes) is 3. The zero-order chi connectivity index (χ0) is 21.1. The van der Waals surface area contributed by atoms with Gasteiger partial charge in [-0.15, -0.1) is 4.91 Å². The average molecular weight is 407 g/mol. The largest absolute Gasteiger partial charge is 0.356 e. The number of carbonyl (C=O) groups excluding carboxylic acids is 3. The normalized spacial score (nSPS) is 21.5. The van der Waals surface area contributed by atoms with Crippen molar-refractivity contribution in [2.75, 3.05) is 19.6 Å². The minimum Gasteiger partial charge on any atom is -0.356 e. The van der Waals surface area contributed by atoms with Crippen LogP contribution in [0.15, 0.2) is 17.4 Å². The lowest BCUT2D eigenvalue weighted by Gasteiger charge is -2.34. The molecule has 0 spiro atoms. The van der Waals surface area contributed by atoms with Crippen molar-refractivity contribution >= 4 is 17.7 Å². The van der Waals surface area contributed by atoms with Crippen molar-refractivity contribution in [1.29, 1.82) is 0 Å². The van der Waals surface area contributed by atoms with Crippen LogP contribution >= 0.6 is 0 Å². The molecule has 3 amide bonds. The molecule has 1 heterocycles. The number of nitrogens with zero attached hydrogens (tertiary/aromatic N) is 3. The van der Waals surface area contributed by atoms with E-state index in [0.717, 1.165) is 64.3 Å². The molecule has 1 fully saturated rings. The standard InChI is InChI=1S/C21H34N4O4/c1-2-3-14-22-19(26)7-5-4-6-15-25(23-29)18-10-8-17(9-11-18)16-24-20(27)12-13-21(24)28/h12-13,17-18H,2-11,14-16H2,1H3,(H,22,26). The van der Waals surface area contributed by atoms with Crippen LogP contribution in [0.25, 0.3) is 0 Å². The quantitative estimate of drug-likeness (QED) is 0.219. The molecule has 0 saturated heterocycles. The number of nitrogens with one attached hydrogen (secondary N) is 1. The molecule has 2 aliphatic rings. The van der Waals surface area contributed by atoms with Crippen LogP contribution in [-0.2, 0) is 14.4 Å². The number of imide groups is 1. The third-order valence-electron chi connectivity index (χ3n) is 5.83. The van der Waals surface area contributed by atoms with E-state index in [1.165, 1.54) is 17.1 Å². The molecule has 1 aliphatic heterocycles. The van der Waals surface area contributed by atoms with Gasteiger partial charge >= 0.3 is 0 Å². The van der Waals surface area contributed by atoms with Gasteiger partial charge in [-0.2, -0.15) is 0 Å². The van der Waals surface area contributed by atoms with Gasteiger partial charge in [-0.1, -0.05) is 19.8 Å². The maximum Gasteiger partial charge on any atom is 0.253 e. The summed E-state index contributed by atoms with van der Waals surface area (Å²) in [6.07, 6.45) is 11.3. The van der Waals surface area contributed by atoms with Crippen molar-refractivity contribution in [3.63, 3.8) is 0 Å². The molecule has 0 radical (unpaired) electrons. The molecule has 8 nitrogen and oxygen atoms in total. The van der Waals surface area contributed by atoms with E-state index in [-0.39, 0.29) is 23.8 Å². The molecular weight excluding hydrogens is 372 g/mol. The fourth-order valence-electron chi connectivity index (χ4n) is 4.01. The molecule has 0 aromatic carbocycles. The van der Waals surface area contributed by atoms with Crippen LogP contribution in [0.3, 0.4) is 0 Å². The smallest absolute Gasteiger partial charge is 0.253 e. The summed E-state index contributed by atoms with van der Waals surface area (Å²) in [5, 5.41) is 7.78. The number of rotatable bonds is 13. The number of carbonyl (C=O) groups is 3. The number of hydrogen-bond acceptors (Lipinski definition) is 5. The van der Waals surface area contributed by atoms with Crippen LogP contribution in [0.2, 0.25) is 0 Å². The number of hydrogen-bond donors (Lipinski definition) is 1. The summed E-state index contributed by atoms with van der Waals surface area (Å²) in [6, 6.07) is 0.129. The Hall–Kier alpha value is -2.25. The second-order valence-corrected chi connectivity index (χ2v) is 8.05. The lowest BCUT2D eigenvalue weighted by Crippen LogP contribution is -2.39. The lowest BCUT2D eigenvalue weighted by molar-refractivity contribution is -0.137. The fourth-order valence-corrected chi connectivity index (χ4v) is 4.01. The number of nitroso groups, excluding NO2 is 1. The number of amides is 3. The van der Waals surface area contributed by atoms with Crippen molar-refractivity contribution in [3.8, 4) is 0 Å². The van der Waals surface area contributed by atoms with Gasteiger partial charge in [-0.25, -0.2) is 0 Å². The summed E-state index contributed by atoms with van der Waals surface area (Å²) in [6.45, 7) is 3.92. The zero-order valence-electron chi connectivity index (χ0n) is 17.5. The predicted octanol–water partition coefficient (Wildman–Crippen LogP) is 2.93. The topological polar surface area (TPSA) is 99.2 Å². The molecular formula is C21H34N4O4. The van der Waals surface area contributed by atoms with E-state index < -0.39 is 0 Å². The first-order valence-electron chi connectivity index (χ1n) is 10.9. The fraction of sp³-hybridized carbons (Fsp3) is 0.762. The van der Waals surface area contributed by atoms with Gasteiger partial charge in [0.05, 0.1) is 11.3 Å². The van der Waals surface area contributed by atoms with E-state index in [1.807, 2.05) is 0 Å². The Kier molecular flexibility index (Phi) is 9.80. The monoisotopic (exact) mass is 406 g/mol. The summed E-state index contributed by atoms with van der Waals surface area (Å²) in [7, 11) is 0. The van der Waals surface area contributed by atoms with E-state index in [1.54, 1.807) is 5.01 Å². The summed E-state index contributed by atoms with van der Waals surface area (Å²) >= 11 is 0. The first-order valence-corrected chi connectivity index (χ1v) is 10.9. The SMILES string of the molecule is CCCCNC(=O)CCCCCN(N=O)C1CCC(CN2C(=O)C=CC2=O)CC1. The first kappa shape index (κ1) is 23.0. The van der Waals surface area contributed by atoms with Gasteiger partial charge < -0.3 is 5.32 Å². The van der Waals surface area contributed by atoms with Gasteiger partial charge in [0.2, 0.25) is 5.91 Å². The molecule has 0 aromatic heterocycles. The Morgan fingerprint density at radius 1 is 1.10 bits per heavy atom. The Balaban J connectivity index is 1.59. The van der Waals surface area contributed by atoms with E-state index in [4.69, 9.17) is 0 Å². The van der Waals surface area contributed by atoms with Crippen LogP contribution in [0.1, 0.15) is 71.1 Å². The van der Waals surface area contributed by atoms with E-state index in [9.17, 15) is 19.3 Å². The molecule has 29 heavy (non-hydrogen) atoms. The summed E-state index contributed by atoms with van der Waals surface area (Å²) in [4.78, 5) is 47.6. The van der Waals surface area contributed by atoms with E-state index in [2.05, 4.69) is 17.5 Å². The highest BCUT2D eigenvalue weighted by Gasteiger charge is 2.31. The molecule has 0 atom stereocenters. The van der Waals surface area contributed by atoms with Crippen molar-refractivity contribution < 1.29 is 14.4 Å². The summed E-state index contributed by atoms with van der Waals surface area (Å²) < 4.78 is 0. The minimum absolute atomic E-state index is 0.104.